The number of aromatic nitrogens is 3. The van der Waals surface area contributed by atoms with Crippen LogP contribution in [0.2, 0.25) is 0 Å². The Labute approximate surface area is 167 Å². The van der Waals surface area contributed by atoms with E-state index in [4.69, 9.17) is 0 Å². The van der Waals surface area contributed by atoms with Gasteiger partial charge in [0.15, 0.2) is 0 Å². The maximum Gasteiger partial charge on any atom is 0.253 e. The molecule has 0 fully saturated rings. The number of carbonyl (C=O) groups excluding carboxylic acids is 2. The maximum atomic E-state index is 12.6. The molecular formula is C22H19N5O2. The second kappa shape index (κ2) is 8.35. The molecule has 2 N–H and O–H groups in total. The van der Waals surface area contributed by atoms with Gasteiger partial charge in [0.1, 0.15) is 12.1 Å². The minimum atomic E-state index is -0.288. The van der Waals surface area contributed by atoms with Crippen molar-refractivity contribution in [2.75, 3.05) is 5.32 Å². The smallest absolute Gasteiger partial charge is 0.253 e. The highest BCUT2D eigenvalue weighted by Crippen LogP contribution is 2.16. The summed E-state index contributed by atoms with van der Waals surface area (Å²) in [4.78, 5) is 25.2. The van der Waals surface area contributed by atoms with Crippen molar-refractivity contribution in [1.82, 2.24) is 20.3 Å². The molecule has 7 nitrogen and oxygen atoms in total. The van der Waals surface area contributed by atoms with Crippen molar-refractivity contribution in [1.29, 1.82) is 0 Å². The molecule has 0 saturated heterocycles. The van der Waals surface area contributed by atoms with E-state index in [1.54, 1.807) is 24.3 Å². The minimum Gasteiger partial charge on any atom is -0.348 e. The fraction of sp³-hybridized carbons (Fsp3) is 0.0909. The van der Waals surface area contributed by atoms with Crippen LogP contribution < -0.4 is 10.6 Å². The molecule has 29 heavy (non-hydrogen) atoms. The first kappa shape index (κ1) is 18.4. The molecule has 0 aliphatic carbocycles. The number of anilines is 1. The molecule has 0 aliphatic rings. The van der Waals surface area contributed by atoms with Crippen molar-refractivity contribution in [2.24, 2.45) is 0 Å². The van der Waals surface area contributed by atoms with Gasteiger partial charge in [-0.25, -0.2) is 4.68 Å². The van der Waals surface area contributed by atoms with Gasteiger partial charge in [-0.15, -0.1) is 5.10 Å². The number of carbonyl (C=O) groups is 2. The predicted octanol–water partition coefficient (Wildman–Crippen LogP) is 3.00. The van der Waals surface area contributed by atoms with Gasteiger partial charge in [-0.3, -0.25) is 9.59 Å². The summed E-state index contributed by atoms with van der Waals surface area (Å²) in [5.41, 5.74) is 3.35. The highest BCUT2D eigenvalue weighted by atomic mass is 16.2. The van der Waals surface area contributed by atoms with Crippen molar-refractivity contribution >= 4 is 28.5 Å². The second-order valence-electron chi connectivity index (χ2n) is 6.50. The zero-order valence-corrected chi connectivity index (χ0v) is 15.6. The Morgan fingerprint density at radius 1 is 0.862 bits per heavy atom. The molecule has 4 aromatic rings. The SMILES string of the molecule is O=C(Cn1nnc2ccccc21)Nc1ccccc1C(=O)NCc1ccccc1. The molecule has 0 saturated carbocycles. The third-order valence-electron chi connectivity index (χ3n) is 4.46. The molecule has 1 heterocycles. The average Bonchev–Trinajstić information content (AvgIpc) is 3.16. The van der Waals surface area contributed by atoms with Gasteiger partial charge in [0.05, 0.1) is 16.8 Å². The molecule has 0 bridgehead atoms. The number of amides is 2. The van der Waals surface area contributed by atoms with Crippen LogP contribution in [0.5, 0.6) is 0 Å². The number of nitrogens with zero attached hydrogens (tertiary/aromatic N) is 3. The van der Waals surface area contributed by atoms with Crippen LogP contribution in [0.15, 0.2) is 78.9 Å². The zero-order chi connectivity index (χ0) is 20.1. The lowest BCUT2D eigenvalue weighted by Gasteiger charge is -2.12. The van der Waals surface area contributed by atoms with Gasteiger partial charge in [0.2, 0.25) is 5.91 Å². The third kappa shape index (κ3) is 4.30. The summed E-state index contributed by atoms with van der Waals surface area (Å²) >= 11 is 0. The summed E-state index contributed by atoms with van der Waals surface area (Å²) in [5.74, 6) is -0.542. The monoisotopic (exact) mass is 385 g/mol. The van der Waals surface area contributed by atoms with E-state index < -0.39 is 0 Å². The Morgan fingerprint density at radius 3 is 2.45 bits per heavy atom. The van der Waals surface area contributed by atoms with Crippen LogP contribution in [0, 0.1) is 0 Å². The first-order chi connectivity index (χ1) is 14.2. The van der Waals surface area contributed by atoms with E-state index in [1.165, 1.54) is 4.68 Å². The molecule has 0 atom stereocenters. The lowest BCUT2D eigenvalue weighted by Crippen LogP contribution is -2.26. The summed E-state index contributed by atoms with van der Waals surface area (Å²) in [6.07, 6.45) is 0. The highest BCUT2D eigenvalue weighted by Gasteiger charge is 2.14. The van der Waals surface area contributed by atoms with Gasteiger partial charge in [-0.1, -0.05) is 59.8 Å². The molecular weight excluding hydrogens is 366 g/mol. The van der Waals surface area contributed by atoms with Gasteiger partial charge >= 0.3 is 0 Å². The molecule has 3 aromatic carbocycles. The molecule has 0 spiro atoms. The molecule has 7 heteroatoms. The number of rotatable bonds is 6. The summed E-state index contributed by atoms with van der Waals surface area (Å²) in [7, 11) is 0. The van der Waals surface area contributed by atoms with E-state index in [9.17, 15) is 9.59 Å². The predicted molar refractivity (Wildman–Crippen MR) is 110 cm³/mol. The van der Waals surface area contributed by atoms with E-state index in [2.05, 4.69) is 20.9 Å². The standard InChI is InChI=1S/C22H19N5O2/c28-21(15-27-20-13-7-6-12-19(20)25-26-27)24-18-11-5-4-10-17(18)22(29)23-14-16-8-2-1-3-9-16/h1-13H,14-15H2,(H,23,29)(H,24,28). The lowest BCUT2D eigenvalue weighted by atomic mass is 10.1. The lowest BCUT2D eigenvalue weighted by molar-refractivity contribution is -0.116. The maximum absolute atomic E-state index is 12.6. The number of hydrogen-bond donors (Lipinski definition) is 2. The molecule has 144 valence electrons. The van der Waals surface area contributed by atoms with E-state index >= 15 is 0 Å². The first-order valence-electron chi connectivity index (χ1n) is 9.20. The van der Waals surface area contributed by atoms with Crippen molar-refractivity contribution in [3.63, 3.8) is 0 Å². The topological polar surface area (TPSA) is 88.9 Å². The number of fused-ring (bicyclic) bond motifs is 1. The average molecular weight is 385 g/mol. The van der Waals surface area contributed by atoms with Gasteiger partial charge < -0.3 is 10.6 Å². The Balaban J connectivity index is 1.45. The molecule has 0 aliphatic heterocycles. The van der Waals surface area contributed by atoms with Gasteiger partial charge in [-0.2, -0.15) is 0 Å². The molecule has 0 unspecified atom stereocenters. The van der Waals surface area contributed by atoms with Gasteiger partial charge in [-0.05, 0) is 29.8 Å². The van der Waals surface area contributed by atoms with Crippen molar-refractivity contribution in [3.05, 3.63) is 90.0 Å². The highest BCUT2D eigenvalue weighted by molar-refractivity contribution is 6.03. The van der Waals surface area contributed by atoms with Crippen LogP contribution in [0.4, 0.5) is 5.69 Å². The summed E-state index contributed by atoms with van der Waals surface area (Å²) in [5, 5.41) is 13.8. The van der Waals surface area contributed by atoms with Gasteiger partial charge in [0, 0.05) is 6.54 Å². The number of hydrogen-bond acceptors (Lipinski definition) is 4. The van der Waals surface area contributed by atoms with Crippen LogP contribution in [-0.2, 0) is 17.9 Å². The van der Waals surface area contributed by atoms with E-state index in [-0.39, 0.29) is 18.4 Å². The number of nitrogens with one attached hydrogen (secondary N) is 2. The minimum absolute atomic E-state index is 0.000478. The second-order valence-corrected chi connectivity index (χ2v) is 6.50. The third-order valence-corrected chi connectivity index (χ3v) is 4.46. The zero-order valence-electron chi connectivity index (χ0n) is 15.6. The number of para-hydroxylation sites is 2. The molecule has 1 aromatic heterocycles. The van der Waals surface area contributed by atoms with Crippen LogP contribution in [-0.4, -0.2) is 26.8 Å². The number of benzene rings is 3. The quantitative estimate of drug-likeness (QED) is 0.534. The Morgan fingerprint density at radius 2 is 1.59 bits per heavy atom. The fourth-order valence-corrected chi connectivity index (χ4v) is 3.02. The molecule has 4 rings (SSSR count). The Hall–Kier alpha value is -4.00. The van der Waals surface area contributed by atoms with E-state index in [0.717, 1.165) is 16.6 Å². The van der Waals surface area contributed by atoms with E-state index in [1.807, 2.05) is 54.6 Å². The van der Waals surface area contributed by atoms with Crippen LogP contribution >= 0.6 is 0 Å². The van der Waals surface area contributed by atoms with Crippen molar-refractivity contribution in [2.45, 2.75) is 13.1 Å². The van der Waals surface area contributed by atoms with Crippen LogP contribution in [0.1, 0.15) is 15.9 Å². The van der Waals surface area contributed by atoms with Gasteiger partial charge in [0.25, 0.3) is 5.91 Å². The van der Waals surface area contributed by atoms with Crippen molar-refractivity contribution < 1.29 is 9.59 Å². The molecule has 0 radical (unpaired) electrons. The van der Waals surface area contributed by atoms with Crippen molar-refractivity contribution in [3.8, 4) is 0 Å². The Bertz CT molecular complexity index is 1150. The molecule has 2 amide bonds. The first-order valence-corrected chi connectivity index (χ1v) is 9.20. The van der Waals surface area contributed by atoms with Crippen LogP contribution in [0.3, 0.4) is 0 Å². The summed E-state index contributed by atoms with van der Waals surface area (Å²) in [6, 6.07) is 24.0. The largest absolute Gasteiger partial charge is 0.348 e. The van der Waals surface area contributed by atoms with E-state index in [0.29, 0.717) is 17.8 Å². The Kier molecular flexibility index (Phi) is 5.29. The summed E-state index contributed by atoms with van der Waals surface area (Å²) in [6.45, 7) is 0.410. The summed E-state index contributed by atoms with van der Waals surface area (Å²) < 4.78 is 1.53. The fourth-order valence-electron chi connectivity index (χ4n) is 3.02. The normalized spacial score (nSPS) is 10.6. The van der Waals surface area contributed by atoms with Crippen LogP contribution in [0.25, 0.3) is 11.0 Å².